The van der Waals surface area contributed by atoms with Gasteiger partial charge in [-0.1, -0.05) is 11.2 Å². The molecule has 0 spiro atoms. The summed E-state index contributed by atoms with van der Waals surface area (Å²) < 4.78 is 0. The molecule has 0 saturated carbocycles. The Morgan fingerprint density at radius 3 is 3.05 bits per heavy atom. The van der Waals surface area contributed by atoms with Gasteiger partial charge in [0.25, 0.3) is 5.91 Å². The number of thiazole rings is 1. The van der Waals surface area contributed by atoms with E-state index in [1.165, 1.54) is 11.3 Å². The summed E-state index contributed by atoms with van der Waals surface area (Å²) in [7, 11) is 0. The van der Waals surface area contributed by atoms with Crippen molar-refractivity contribution in [1.82, 2.24) is 10.3 Å². The zero-order valence-electron chi connectivity index (χ0n) is 11.8. The fourth-order valence-electron chi connectivity index (χ4n) is 2.14. The summed E-state index contributed by atoms with van der Waals surface area (Å²) in [4.78, 5) is 23.0. The monoisotopic (exact) mass is 321 g/mol. The standard InChI is InChI=1S/C14H15N3O2S2/c1-9-6-14(2,19-17-9)8-15-12(18)10-7-21-13(16-10)11-4-3-5-20-11/h3-5,7H,6,8H2,1-2H3,(H,15,18)/t14-/m1/s1. The summed E-state index contributed by atoms with van der Waals surface area (Å²) in [6.45, 7) is 4.27. The number of amides is 1. The van der Waals surface area contributed by atoms with Gasteiger partial charge in [-0.3, -0.25) is 4.79 Å². The van der Waals surface area contributed by atoms with Gasteiger partial charge >= 0.3 is 0 Å². The van der Waals surface area contributed by atoms with E-state index in [1.54, 1.807) is 16.7 Å². The van der Waals surface area contributed by atoms with E-state index < -0.39 is 5.60 Å². The van der Waals surface area contributed by atoms with Crippen LogP contribution in [0.3, 0.4) is 0 Å². The van der Waals surface area contributed by atoms with E-state index in [4.69, 9.17) is 4.84 Å². The van der Waals surface area contributed by atoms with E-state index >= 15 is 0 Å². The average molecular weight is 321 g/mol. The molecule has 0 radical (unpaired) electrons. The molecule has 0 aromatic carbocycles. The molecule has 110 valence electrons. The summed E-state index contributed by atoms with van der Waals surface area (Å²) in [5, 5.41) is 11.5. The predicted molar refractivity (Wildman–Crippen MR) is 85.0 cm³/mol. The van der Waals surface area contributed by atoms with Crippen molar-refractivity contribution in [2.24, 2.45) is 5.16 Å². The lowest BCUT2D eigenvalue weighted by Gasteiger charge is -2.21. The van der Waals surface area contributed by atoms with Crippen molar-refractivity contribution in [1.29, 1.82) is 0 Å². The Labute approximate surface area is 130 Å². The topological polar surface area (TPSA) is 63.6 Å². The summed E-state index contributed by atoms with van der Waals surface area (Å²) in [6.07, 6.45) is 0.727. The molecule has 0 bridgehead atoms. The van der Waals surface area contributed by atoms with Crippen LogP contribution < -0.4 is 5.32 Å². The first-order valence-corrected chi connectivity index (χ1v) is 8.31. The van der Waals surface area contributed by atoms with Crippen LogP contribution in [0.2, 0.25) is 0 Å². The quantitative estimate of drug-likeness (QED) is 0.941. The highest BCUT2D eigenvalue weighted by molar-refractivity contribution is 7.20. The van der Waals surface area contributed by atoms with Crippen molar-refractivity contribution in [3.63, 3.8) is 0 Å². The highest BCUT2D eigenvalue weighted by atomic mass is 32.1. The molecule has 1 atom stereocenters. The predicted octanol–water partition coefficient (Wildman–Crippen LogP) is 3.16. The van der Waals surface area contributed by atoms with Gasteiger partial charge in [-0.15, -0.1) is 22.7 Å². The van der Waals surface area contributed by atoms with Gasteiger partial charge in [0, 0.05) is 11.8 Å². The number of hydrogen-bond acceptors (Lipinski definition) is 6. The third-order valence-corrected chi connectivity index (χ3v) is 5.02. The molecule has 21 heavy (non-hydrogen) atoms. The second-order valence-corrected chi connectivity index (χ2v) is 7.05. The molecule has 5 nitrogen and oxygen atoms in total. The largest absolute Gasteiger partial charge is 0.387 e. The number of carbonyl (C=O) groups is 1. The van der Waals surface area contributed by atoms with Gasteiger partial charge in [0.05, 0.1) is 17.1 Å². The molecule has 0 unspecified atom stereocenters. The Hall–Kier alpha value is -1.73. The fraction of sp³-hybridized carbons (Fsp3) is 0.357. The molecular formula is C14H15N3O2S2. The van der Waals surface area contributed by atoms with Gasteiger partial charge in [-0.25, -0.2) is 4.98 Å². The van der Waals surface area contributed by atoms with Gasteiger partial charge in [0.2, 0.25) is 0 Å². The highest BCUT2D eigenvalue weighted by Crippen LogP contribution is 2.28. The first-order valence-electron chi connectivity index (χ1n) is 6.55. The number of thiophene rings is 1. The van der Waals surface area contributed by atoms with E-state index in [0.717, 1.165) is 22.0 Å². The zero-order valence-corrected chi connectivity index (χ0v) is 13.4. The van der Waals surface area contributed by atoms with E-state index in [0.29, 0.717) is 12.2 Å². The molecule has 0 fully saturated rings. The molecule has 0 aliphatic carbocycles. The Morgan fingerprint density at radius 1 is 1.52 bits per heavy atom. The maximum Gasteiger partial charge on any atom is 0.270 e. The van der Waals surface area contributed by atoms with Crippen LogP contribution in [0.1, 0.15) is 30.8 Å². The summed E-state index contributed by atoms with van der Waals surface area (Å²) in [5.74, 6) is -0.177. The number of nitrogens with zero attached hydrogens (tertiary/aromatic N) is 2. The SMILES string of the molecule is CC1=NO[C@@](C)(CNC(=O)c2csc(-c3cccs3)n2)C1. The minimum Gasteiger partial charge on any atom is -0.387 e. The minimum atomic E-state index is -0.452. The first-order chi connectivity index (χ1) is 10.1. The van der Waals surface area contributed by atoms with E-state index in [9.17, 15) is 4.79 Å². The molecule has 7 heteroatoms. The zero-order chi connectivity index (χ0) is 14.9. The average Bonchev–Trinajstić information content (AvgIpc) is 3.16. The Morgan fingerprint density at radius 2 is 2.38 bits per heavy atom. The van der Waals surface area contributed by atoms with Crippen LogP contribution in [0.4, 0.5) is 0 Å². The van der Waals surface area contributed by atoms with E-state index in [2.05, 4.69) is 15.5 Å². The molecule has 2 aromatic rings. The van der Waals surface area contributed by atoms with E-state index in [-0.39, 0.29) is 5.91 Å². The second-order valence-electron chi connectivity index (χ2n) is 5.24. The van der Waals surface area contributed by atoms with Crippen molar-refractivity contribution < 1.29 is 9.63 Å². The molecule has 3 heterocycles. The van der Waals surface area contributed by atoms with E-state index in [1.807, 2.05) is 31.4 Å². The number of rotatable bonds is 4. The summed E-state index contributed by atoms with van der Waals surface area (Å²) >= 11 is 3.09. The van der Waals surface area contributed by atoms with Gasteiger partial charge in [-0.2, -0.15) is 0 Å². The summed E-state index contributed by atoms with van der Waals surface area (Å²) in [5.41, 5.74) is 0.940. The first kappa shape index (κ1) is 14.2. The van der Waals surface area contributed by atoms with Crippen molar-refractivity contribution in [2.45, 2.75) is 25.9 Å². The van der Waals surface area contributed by atoms with Crippen molar-refractivity contribution in [2.75, 3.05) is 6.54 Å². The molecule has 2 aromatic heterocycles. The lowest BCUT2D eigenvalue weighted by molar-refractivity contribution is -0.00184. The molecule has 1 N–H and O–H groups in total. The summed E-state index contributed by atoms with van der Waals surface area (Å²) in [6, 6.07) is 3.97. The second kappa shape index (κ2) is 5.57. The molecule has 3 rings (SSSR count). The van der Waals surface area contributed by atoms with Gasteiger partial charge in [-0.05, 0) is 25.3 Å². The molecule has 1 aliphatic heterocycles. The van der Waals surface area contributed by atoms with Crippen LogP contribution in [-0.2, 0) is 4.84 Å². The van der Waals surface area contributed by atoms with Crippen LogP contribution in [0.15, 0.2) is 28.0 Å². The maximum absolute atomic E-state index is 12.2. The number of hydrogen-bond donors (Lipinski definition) is 1. The molecule has 1 amide bonds. The molecular weight excluding hydrogens is 306 g/mol. The number of nitrogens with one attached hydrogen (secondary N) is 1. The normalized spacial score (nSPS) is 21.0. The lowest BCUT2D eigenvalue weighted by atomic mass is 10.0. The number of oxime groups is 1. The lowest BCUT2D eigenvalue weighted by Crippen LogP contribution is -2.40. The number of carbonyl (C=O) groups excluding carboxylic acids is 1. The van der Waals surface area contributed by atoms with Crippen LogP contribution in [0.25, 0.3) is 9.88 Å². The fourth-order valence-corrected chi connectivity index (χ4v) is 3.75. The van der Waals surface area contributed by atoms with Gasteiger partial charge in [0.15, 0.2) is 5.60 Å². The Kier molecular flexibility index (Phi) is 3.77. The Balaban J connectivity index is 1.61. The Bertz CT molecular complexity index is 678. The van der Waals surface area contributed by atoms with Gasteiger partial charge < -0.3 is 10.2 Å². The molecule has 1 aliphatic rings. The van der Waals surface area contributed by atoms with Crippen LogP contribution in [-0.4, -0.2) is 28.7 Å². The number of aromatic nitrogens is 1. The smallest absolute Gasteiger partial charge is 0.270 e. The van der Waals surface area contributed by atoms with Gasteiger partial charge in [0.1, 0.15) is 10.7 Å². The van der Waals surface area contributed by atoms with Crippen LogP contribution in [0, 0.1) is 0 Å². The van der Waals surface area contributed by atoms with Crippen molar-refractivity contribution in [3.05, 3.63) is 28.6 Å². The molecule has 0 saturated heterocycles. The highest BCUT2D eigenvalue weighted by Gasteiger charge is 2.33. The van der Waals surface area contributed by atoms with Crippen LogP contribution >= 0.6 is 22.7 Å². The van der Waals surface area contributed by atoms with Crippen molar-refractivity contribution >= 4 is 34.3 Å². The maximum atomic E-state index is 12.2. The third kappa shape index (κ3) is 3.14. The minimum absolute atomic E-state index is 0.177. The van der Waals surface area contributed by atoms with Crippen molar-refractivity contribution in [3.8, 4) is 9.88 Å². The van der Waals surface area contributed by atoms with Crippen LogP contribution in [0.5, 0.6) is 0 Å². The third-order valence-electron chi connectivity index (χ3n) is 3.14.